The van der Waals surface area contributed by atoms with Crippen LogP contribution < -0.4 is 0 Å². The number of alkyl halides is 13. The van der Waals surface area contributed by atoms with Gasteiger partial charge in [0.1, 0.15) is 0 Å². The molecule has 0 amide bonds. The van der Waals surface area contributed by atoms with Crippen LogP contribution in [-0.4, -0.2) is 41.9 Å². The smallest absolute Gasteiger partial charge is 0.393 e. The zero-order valence-electron chi connectivity index (χ0n) is 16.4. The Balaban J connectivity index is 5.50. The van der Waals surface area contributed by atoms with Crippen LogP contribution in [0.15, 0.2) is 12.2 Å². The highest BCUT2D eigenvalue weighted by Gasteiger charge is 2.91. The molecule has 0 heterocycles. The minimum atomic E-state index is -8.05. The van der Waals surface area contributed by atoms with Gasteiger partial charge in [0.15, 0.2) is 0 Å². The van der Waals surface area contributed by atoms with Crippen molar-refractivity contribution >= 4 is 5.97 Å². The number of hydrogen-bond acceptors (Lipinski definition) is 2. The van der Waals surface area contributed by atoms with E-state index < -0.39 is 53.9 Å². The first-order chi connectivity index (χ1) is 14.1. The van der Waals surface area contributed by atoms with Gasteiger partial charge in [-0.3, -0.25) is 0 Å². The van der Waals surface area contributed by atoms with Crippen LogP contribution >= 0.6 is 0 Å². The molecule has 15 heteroatoms. The average molecular weight is 502 g/mol. The Morgan fingerprint density at radius 1 is 0.656 bits per heavy atom. The molecule has 0 aromatic heterocycles. The molecule has 0 unspecified atom stereocenters. The summed E-state index contributed by atoms with van der Waals surface area (Å²) in [7, 11) is 0. The number of rotatable bonds is 13. The Bertz CT molecular complexity index is 653. The molecule has 0 saturated heterocycles. The van der Waals surface area contributed by atoms with E-state index in [4.69, 9.17) is 0 Å². The van der Waals surface area contributed by atoms with E-state index in [0.29, 0.717) is 12.8 Å². The van der Waals surface area contributed by atoms with E-state index in [1.807, 2.05) is 6.92 Å². The maximum absolute atomic E-state index is 13.5. The topological polar surface area (TPSA) is 26.3 Å². The van der Waals surface area contributed by atoms with Crippen molar-refractivity contribution in [2.45, 2.75) is 87.8 Å². The lowest BCUT2D eigenvalue weighted by atomic mass is 9.97. The molecule has 0 fully saturated rings. The quantitative estimate of drug-likeness (QED) is 0.113. The van der Waals surface area contributed by atoms with E-state index in [1.54, 1.807) is 0 Å². The highest BCUT2D eigenvalue weighted by Crippen LogP contribution is 2.60. The second-order valence-corrected chi connectivity index (χ2v) is 6.82. The molecule has 0 spiro atoms. The molecule has 0 aliphatic rings. The van der Waals surface area contributed by atoms with Crippen molar-refractivity contribution in [2.24, 2.45) is 0 Å². The van der Waals surface area contributed by atoms with Gasteiger partial charge in [0.2, 0.25) is 0 Å². The molecule has 0 saturated carbocycles. The summed E-state index contributed by atoms with van der Waals surface area (Å²) in [5.74, 6) is -34.0. The van der Waals surface area contributed by atoms with Crippen molar-refractivity contribution in [3.8, 4) is 0 Å². The molecule has 190 valence electrons. The van der Waals surface area contributed by atoms with E-state index in [2.05, 4.69) is 11.3 Å². The molecule has 0 aliphatic carbocycles. The molecular formula is C17H19F13O2. The van der Waals surface area contributed by atoms with Gasteiger partial charge in [-0.15, -0.1) is 0 Å². The maximum Gasteiger partial charge on any atom is 0.473 e. The van der Waals surface area contributed by atoms with Gasteiger partial charge in [0, 0.05) is 5.57 Å². The van der Waals surface area contributed by atoms with Crippen LogP contribution in [0.1, 0.15) is 51.9 Å². The highest BCUT2D eigenvalue weighted by molar-refractivity contribution is 5.87. The second kappa shape index (κ2) is 10.1. The molecule has 0 radical (unpaired) electrons. The summed E-state index contributed by atoms with van der Waals surface area (Å²) < 4.78 is 171. The van der Waals surface area contributed by atoms with Gasteiger partial charge in [-0.1, -0.05) is 45.6 Å². The Morgan fingerprint density at radius 2 is 1.06 bits per heavy atom. The number of carbonyl (C=O) groups is 1. The Hall–Kier alpha value is -1.70. The first kappa shape index (κ1) is 30.3. The monoisotopic (exact) mass is 502 g/mol. The first-order valence-electron chi connectivity index (χ1n) is 8.98. The second-order valence-electron chi connectivity index (χ2n) is 6.82. The lowest BCUT2D eigenvalue weighted by Gasteiger charge is -2.38. The molecule has 0 atom stereocenters. The summed E-state index contributed by atoms with van der Waals surface area (Å²) >= 11 is 0. The largest absolute Gasteiger partial charge is 0.473 e. The number of carbonyl (C=O) groups excluding carboxylic acids is 1. The van der Waals surface area contributed by atoms with Crippen molar-refractivity contribution in [2.75, 3.05) is 0 Å². The molecule has 0 bridgehead atoms. The van der Waals surface area contributed by atoms with Crippen LogP contribution in [0.5, 0.6) is 0 Å². The van der Waals surface area contributed by atoms with E-state index in [0.717, 1.165) is 19.3 Å². The van der Waals surface area contributed by atoms with Crippen LogP contribution in [-0.2, 0) is 9.53 Å². The van der Waals surface area contributed by atoms with Crippen LogP contribution in [0.3, 0.4) is 0 Å². The summed E-state index contributed by atoms with van der Waals surface area (Å²) in [6.45, 7) is 4.78. The highest BCUT2D eigenvalue weighted by atomic mass is 19.4. The molecule has 2 nitrogen and oxygen atoms in total. The number of halogens is 13. The summed E-state index contributed by atoms with van der Waals surface area (Å²) in [5, 5.41) is 0. The average Bonchev–Trinajstić information content (AvgIpc) is 2.62. The minimum Gasteiger partial charge on any atom is -0.393 e. The number of ether oxygens (including phenoxy) is 1. The summed E-state index contributed by atoms with van der Waals surface area (Å²) in [6, 6.07) is 0. The van der Waals surface area contributed by atoms with Crippen molar-refractivity contribution in [3.05, 3.63) is 12.2 Å². The third kappa shape index (κ3) is 5.80. The third-order valence-electron chi connectivity index (χ3n) is 4.25. The van der Waals surface area contributed by atoms with Crippen molar-refractivity contribution in [1.82, 2.24) is 0 Å². The van der Waals surface area contributed by atoms with Crippen LogP contribution in [0.25, 0.3) is 0 Å². The van der Waals surface area contributed by atoms with Gasteiger partial charge in [-0.25, -0.2) is 4.79 Å². The van der Waals surface area contributed by atoms with Crippen LogP contribution in [0.4, 0.5) is 57.1 Å². The van der Waals surface area contributed by atoms with Gasteiger partial charge >= 0.3 is 41.9 Å². The lowest BCUT2D eigenvalue weighted by molar-refractivity contribution is -0.460. The van der Waals surface area contributed by atoms with Gasteiger partial charge in [-0.2, -0.15) is 57.1 Å². The number of esters is 1. The zero-order chi connectivity index (χ0) is 25.8. The molecule has 32 heavy (non-hydrogen) atoms. The lowest BCUT2D eigenvalue weighted by Crippen LogP contribution is -2.70. The summed E-state index contributed by atoms with van der Waals surface area (Å²) in [6.07, 6.45) is -11.2. The fraction of sp³-hybridized carbons (Fsp3) is 0.824. The molecule has 0 N–H and O–H groups in total. The van der Waals surface area contributed by atoms with E-state index in [-0.39, 0.29) is 6.42 Å². The van der Waals surface area contributed by atoms with Crippen molar-refractivity contribution < 1.29 is 66.6 Å². The fourth-order valence-corrected chi connectivity index (χ4v) is 2.23. The molecule has 0 aromatic carbocycles. The standard InChI is InChI=1S/C17H19F13O2/c1-3-4-5-6-7-8-9-10(2)11(31)32-17(29,30)15(24,25)13(20,21)12(18,19)14(22,23)16(26,27)28/h2-9H2,1H3. The fourth-order valence-electron chi connectivity index (χ4n) is 2.23. The zero-order valence-corrected chi connectivity index (χ0v) is 16.4. The van der Waals surface area contributed by atoms with E-state index in [9.17, 15) is 61.9 Å². The third-order valence-corrected chi connectivity index (χ3v) is 4.25. The minimum absolute atomic E-state index is 0.0889. The SMILES string of the molecule is C=C(CCCCCCCC)C(=O)OC(F)(F)C(F)(F)C(F)(F)C(F)(F)C(F)(F)C(F)(F)F. The van der Waals surface area contributed by atoms with E-state index >= 15 is 0 Å². The Labute approximate surface area is 173 Å². The van der Waals surface area contributed by atoms with Gasteiger partial charge in [-0.05, 0) is 12.8 Å². The van der Waals surface area contributed by atoms with Crippen molar-refractivity contribution in [1.29, 1.82) is 0 Å². The Kier molecular flexibility index (Phi) is 9.52. The molecular weight excluding hydrogens is 483 g/mol. The maximum atomic E-state index is 13.5. The molecule has 0 aromatic rings. The normalized spacial score (nSPS) is 14.4. The Morgan fingerprint density at radius 3 is 1.50 bits per heavy atom. The van der Waals surface area contributed by atoms with Crippen molar-refractivity contribution in [3.63, 3.8) is 0 Å². The molecule has 0 rings (SSSR count). The van der Waals surface area contributed by atoms with Crippen LogP contribution in [0, 0.1) is 0 Å². The number of hydrogen-bond donors (Lipinski definition) is 0. The van der Waals surface area contributed by atoms with E-state index in [1.165, 1.54) is 0 Å². The predicted octanol–water partition coefficient (Wildman–Crippen LogP) is 7.53. The van der Waals surface area contributed by atoms with Gasteiger partial charge < -0.3 is 4.74 Å². The summed E-state index contributed by atoms with van der Waals surface area (Å²) in [5.41, 5.74) is -0.966. The predicted molar refractivity (Wildman–Crippen MR) is 84.0 cm³/mol. The summed E-state index contributed by atoms with van der Waals surface area (Å²) in [4.78, 5) is 11.4. The van der Waals surface area contributed by atoms with Gasteiger partial charge in [0.25, 0.3) is 0 Å². The number of unbranched alkanes of at least 4 members (excludes halogenated alkanes) is 5. The molecule has 0 aliphatic heterocycles. The van der Waals surface area contributed by atoms with Gasteiger partial charge in [0.05, 0.1) is 0 Å². The first-order valence-corrected chi connectivity index (χ1v) is 8.98. The van der Waals surface area contributed by atoms with Crippen LogP contribution in [0.2, 0.25) is 0 Å².